The van der Waals surface area contributed by atoms with Crippen molar-refractivity contribution in [2.45, 2.75) is 38.8 Å². The van der Waals surface area contributed by atoms with Crippen LogP contribution >= 0.6 is 34.8 Å². The lowest BCUT2D eigenvalue weighted by Crippen LogP contribution is -2.39. The first-order valence-electron chi connectivity index (χ1n) is 7.30. The third-order valence-electron chi connectivity index (χ3n) is 3.75. The van der Waals surface area contributed by atoms with Crippen LogP contribution in [0.5, 0.6) is 0 Å². The van der Waals surface area contributed by atoms with Crippen molar-refractivity contribution >= 4 is 48.8 Å². The highest BCUT2D eigenvalue weighted by molar-refractivity contribution is 6.79. The zero-order chi connectivity index (χ0) is 16.4. The molecule has 0 unspecified atom stereocenters. The summed E-state index contributed by atoms with van der Waals surface area (Å²) in [6, 6.07) is 5.74. The van der Waals surface area contributed by atoms with Crippen LogP contribution in [0.15, 0.2) is 24.4 Å². The van der Waals surface area contributed by atoms with E-state index in [1.807, 2.05) is 18.2 Å². The second-order valence-electron chi connectivity index (χ2n) is 6.02. The third-order valence-corrected chi connectivity index (χ3v) is 9.26. The minimum atomic E-state index is -1.41. The molecule has 22 heavy (non-hydrogen) atoms. The summed E-state index contributed by atoms with van der Waals surface area (Å²) >= 11 is 19.0. The number of rotatable bonds is 4. The first-order chi connectivity index (χ1) is 10.3. The lowest BCUT2D eigenvalue weighted by Gasteiger charge is -2.27. The Bertz CT molecular complexity index is 652. The molecule has 0 amide bonds. The van der Waals surface area contributed by atoms with Crippen LogP contribution in [-0.2, 0) is 0 Å². The van der Waals surface area contributed by atoms with Crippen molar-refractivity contribution in [2.24, 2.45) is 0 Å². The molecule has 0 aromatic carbocycles. The molecule has 0 aliphatic carbocycles. The van der Waals surface area contributed by atoms with Gasteiger partial charge in [-0.2, -0.15) is 0 Å². The smallest absolute Gasteiger partial charge is 0.149 e. The third kappa shape index (κ3) is 3.48. The van der Waals surface area contributed by atoms with E-state index in [0.29, 0.717) is 21.1 Å². The van der Waals surface area contributed by atoms with E-state index in [0.717, 1.165) is 16.6 Å². The van der Waals surface area contributed by atoms with Gasteiger partial charge in [0.1, 0.15) is 5.15 Å². The molecule has 0 N–H and O–H groups in total. The number of aromatic nitrogens is 2. The highest BCUT2D eigenvalue weighted by Gasteiger charge is 2.30. The SMILES string of the molecule is CC(C)[SiH](c1c(-c2ccccn2)nc(Cl)c(Cl)c1Cl)C(C)C. The van der Waals surface area contributed by atoms with Crippen LogP contribution in [0.4, 0.5) is 0 Å². The molecule has 2 aromatic rings. The van der Waals surface area contributed by atoms with Crippen LogP contribution < -0.4 is 5.19 Å². The molecule has 0 saturated carbocycles. The summed E-state index contributed by atoms with van der Waals surface area (Å²) in [5.74, 6) is 0. The molecule has 118 valence electrons. The van der Waals surface area contributed by atoms with E-state index in [9.17, 15) is 0 Å². The highest BCUT2D eigenvalue weighted by atomic mass is 35.5. The van der Waals surface area contributed by atoms with Crippen molar-refractivity contribution in [3.05, 3.63) is 39.6 Å². The summed E-state index contributed by atoms with van der Waals surface area (Å²) in [7, 11) is -1.41. The molecular weight excluding hydrogens is 355 g/mol. The summed E-state index contributed by atoms with van der Waals surface area (Å²) in [5, 5.41) is 2.19. The van der Waals surface area contributed by atoms with Gasteiger partial charge in [0.2, 0.25) is 0 Å². The molecule has 0 fully saturated rings. The van der Waals surface area contributed by atoms with Gasteiger partial charge < -0.3 is 0 Å². The van der Waals surface area contributed by atoms with Gasteiger partial charge in [-0.25, -0.2) is 4.98 Å². The van der Waals surface area contributed by atoms with Crippen LogP contribution in [-0.4, -0.2) is 18.8 Å². The predicted molar refractivity (Wildman–Crippen MR) is 99.5 cm³/mol. The number of nitrogens with zero attached hydrogens (tertiary/aromatic N) is 2. The molecule has 0 saturated heterocycles. The van der Waals surface area contributed by atoms with Crippen molar-refractivity contribution in [1.82, 2.24) is 9.97 Å². The van der Waals surface area contributed by atoms with E-state index in [1.54, 1.807) is 6.20 Å². The van der Waals surface area contributed by atoms with Crippen molar-refractivity contribution in [1.29, 1.82) is 0 Å². The van der Waals surface area contributed by atoms with Gasteiger partial charge in [0.15, 0.2) is 0 Å². The second-order valence-corrected chi connectivity index (χ2v) is 11.4. The molecule has 0 radical (unpaired) electrons. The minimum Gasteiger partial charge on any atom is -0.255 e. The van der Waals surface area contributed by atoms with Crippen LogP contribution in [0.2, 0.25) is 26.3 Å². The van der Waals surface area contributed by atoms with Crippen molar-refractivity contribution in [3.63, 3.8) is 0 Å². The van der Waals surface area contributed by atoms with Gasteiger partial charge in [-0.3, -0.25) is 4.98 Å². The fourth-order valence-corrected chi connectivity index (χ4v) is 7.82. The molecule has 2 aromatic heterocycles. The summed E-state index contributed by atoms with van der Waals surface area (Å²) < 4.78 is 0. The van der Waals surface area contributed by atoms with Gasteiger partial charge in [-0.15, -0.1) is 0 Å². The van der Waals surface area contributed by atoms with Gasteiger partial charge >= 0.3 is 0 Å². The molecule has 2 rings (SSSR count). The largest absolute Gasteiger partial charge is 0.255 e. The van der Waals surface area contributed by atoms with Crippen LogP contribution in [0.1, 0.15) is 27.7 Å². The molecule has 0 atom stereocenters. The predicted octanol–water partition coefficient (Wildman–Crippen LogP) is 5.36. The molecule has 0 spiro atoms. The van der Waals surface area contributed by atoms with E-state index in [-0.39, 0.29) is 5.15 Å². The average Bonchev–Trinajstić information content (AvgIpc) is 2.47. The maximum absolute atomic E-state index is 6.59. The van der Waals surface area contributed by atoms with E-state index in [4.69, 9.17) is 34.8 Å². The highest BCUT2D eigenvalue weighted by Crippen LogP contribution is 2.34. The Morgan fingerprint density at radius 2 is 1.59 bits per heavy atom. The zero-order valence-corrected chi connectivity index (χ0v) is 16.5. The second kappa shape index (κ2) is 7.31. The lowest BCUT2D eigenvalue weighted by atomic mass is 10.2. The maximum Gasteiger partial charge on any atom is 0.149 e. The van der Waals surface area contributed by atoms with Gasteiger partial charge in [-0.1, -0.05) is 68.6 Å². The Balaban J connectivity index is 2.78. The van der Waals surface area contributed by atoms with Gasteiger partial charge in [-0.05, 0) is 28.4 Å². The molecule has 0 aliphatic rings. The van der Waals surface area contributed by atoms with Gasteiger partial charge in [0.25, 0.3) is 0 Å². The quantitative estimate of drug-likeness (QED) is 0.532. The monoisotopic (exact) mass is 372 g/mol. The first-order valence-corrected chi connectivity index (χ1v) is 10.3. The van der Waals surface area contributed by atoms with E-state index in [2.05, 4.69) is 37.7 Å². The summed E-state index contributed by atoms with van der Waals surface area (Å²) in [5.41, 5.74) is 2.62. The zero-order valence-electron chi connectivity index (χ0n) is 13.1. The average molecular weight is 374 g/mol. The summed E-state index contributed by atoms with van der Waals surface area (Å²) in [6.07, 6.45) is 1.75. The molecular formula is C16H19Cl3N2Si. The number of hydrogen-bond acceptors (Lipinski definition) is 2. The van der Waals surface area contributed by atoms with Gasteiger partial charge in [0.05, 0.1) is 30.2 Å². The van der Waals surface area contributed by atoms with Crippen molar-refractivity contribution < 1.29 is 0 Å². The topological polar surface area (TPSA) is 25.8 Å². The minimum absolute atomic E-state index is 0.233. The van der Waals surface area contributed by atoms with E-state index in [1.165, 1.54) is 0 Å². The molecule has 2 heterocycles. The number of pyridine rings is 2. The first kappa shape index (κ1) is 17.7. The Morgan fingerprint density at radius 1 is 0.955 bits per heavy atom. The van der Waals surface area contributed by atoms with Crippen molar-refractivity contribution in [2.75, 3.05) is 0 Å². The number of hydrogen-bond donors (Lipinski definition) is 0. The molecule has 0 bridgehead atoms. The Labute approximate surface area is 148 Å². The van der Waals surface area contributed by atoms with Crippen LogP contribution in [0, 0.1) is 0 Å². The van der Waals surface area contributed by atoms with E-state index >= 15 is 0 Å². The number of halogens is 3. The van der Waals surface area contributed by atoms with Crippen LogP contribution in [0.25, 0.3) is 11.4 Å². The summed E-state index contributed by atoms with van der Waals surface area (Å²) in [6.45, 7) is 8.94. The maximum atomic E-state index is 6.59. The van der Waals surface area contributed by atoms with Crippen LogP contribution in [0.3, 0.4) is 0 Å². The van der Waals surface area contributed by atoms with Crippen molar-refractivity contribution in [3.8, 4) is 11.4 Å². The normalized spacial score (nSPS) is 11.7. The van der Waals surface area contributed by atoms with Gasteiger partial charge in [0, 0.05) is 6.20 Å². The molecule has 2 nitrogen and oxygen atoms in total. The molecule has 6 heteroatoms. The Hall–Kier alpha value is -0.613. The Morgan fingerprint density at radius 3 is 2.09 bits per heavy atom. The van der Waals surface area contributed by atoms with E-state index < -0.39 is 8.80 Å². The standard InChI is InChI=1S/C16H19Cl3N2Si/c1-9(2)22(10(3)4)15-12(17)13(18)16(19)21-14(15)11-7-5-6-8-20-11/h5-10,22H,1-4H3. The fraction of sp³-hybridized carbons (Fsp3) is 0.375. The lowest BCUT2D eigenvalue weighted by molar-refractivity contribution is 0.950. The fourth-order valence-electron chi connectivity index (χ4n) is 2.96. The summed E-state index contributed by atoms with van der Waals surface area (Å²) in [4.78, 5) is 8.93. The molecule has 0 aliphatic heterocycles. The Kier molecular flexibility index (Phi) is 5.89.